The molecule has 1 N–H and O–H groups in total. The first-order valence-corrected chi connectivity index (χ1v) is 12.9. The van der Waals surface area contributed by atoms with Gasteiger partial charge in [-0.25, -0.2) is 27.2 Å². The Balaban J connectivity index is 1.38. The maximum absolute atomic E-state index is 14.6. The van der Waals surface area contributed by atoms with Crippen molar-refractivity contribution in [3.05, 3.63) is 77.5 Å². The molecule has 1 aliphatic heterocycles. The lowest BCUT2D eigenvalue weighted by Crippen LogP contribution is -2.24. The molecule has 3 aromatic heterocycles. The molecule has 4 aromatic rings. The van der Waals surface area contributed by atoms with Gasteiger partial charge in [0.2, 0.25) is 15.3 Å². The van der Waals surface area contributed by atoms with Gasteiger partial charge in [-0.3, -0.25) is 9.78 Å². The summed E-state index contributed by atoms with van der Waals surface area (Å²) in [6.07, 6.45) is -3.65. The zero-order valence-electron chi connectivity index (χ0n) is 19.7. The van der Waals surface area contributed by atoms with E-state index in [1.807, 2.05) is 0 Å². The van der Waals surface area contributed by atoms with Crippen LogP contribution in [0.15, 0.2) is 59.6 Å². The van der Waals surface area contributed by atoms with Crippen molar-refractivity contribution in [2.45, 2.75) is 29.5 Å². The molecule has 1 aliphatic rings. The van der Waals surface area contributed by atoms with Crippen molar-refractivity contribution in [2.75, 3.05) is 6.61 Å². The third-order valence-corrected chi connectivity index (χ3v) is 7.69. The Morgan fingerprint density at radius 1 is 1.08 bits per heavy atom. The normalized spacial score (nSPS) is 16.7. The van der Waals surface area contributed by atoms with E-state index in [0.717, 1.165) is 18.2 Å². The van der Waals surface area contributed by atoms with Gasteiger partial charge >= 0.3 is 6.18 Å². The molecule has 4 heterocycles. The zero-order valence-corrected chi connectivity index (χ0v) is 20.5. The van der Waals surface area contributed by atoms with Crippen LogP contribution < -0.4 is 10.1 Å². The first-order valence-electron chi connectivity index (χ1n) is 11.4. The fourth-order valence-electron chi connectivity index (χ4n) is 3.90. The first-order chi connectivity index (χ1) is 18.4. The highest BCUT2D eigenvalue weighted by molar-refractivity contribution is 7.92. The lowest BCUT2D eigenvalue weighted by Gasteiger charge is -2.12. The van der Waals surface area contributed by atoms with Crippen molar-refractivity contribution in [1.29, 1.82) is 0 Å². The van der Waals surface area contributed by atoms with Gasteiger partial charge in [0.1, 0.15) is 10.6 Å². The molecule has 1 aromatic carbocycles. The van der Waals surface area contributed by atoms with Crippen molar-refractivity contribution < 1.29 is 39.9 Å². The van der Waals surface area contributed by atoms with E-state index in [-0.39, 0.29) is 30.1 Å². The average molecular weight is 564 g/mol. The molecule has 0 radical (unpaired) electrons. The maximum Gasteiger partial charge on any atom is 0.433 e. The molecular formula is C25H17F5N4O4S. The SMILES string of the molecule is O=C(NCc1cc2nc(-c3cccc(C(F)(F)F)n3)ccc2cn1)c1cc(F)c2c(c1)S(=O)(=O)[C@@H](F)CCO2. The smallest absolute Gasteiger partial charge is 0.433 e. The summed E-state index contributed by atoms with van der Waals surface area (Å²) in [4.78, 5) is 24.1. The topological polar surface area (TPSA) is 111 Å². The number of pyridine rings is 3. The van der Waals surface area contributed by atoms with Crippen LogP contribution in [0.4, 0.5) is 22.0 Å². The van der Waals surface area contributed by atoms with E-state index < -0.39 is 56.0 Å². The van der Waals surface area contributed by atoms with Crippen LogP contribution >= 0.6 is 0 Å². The van der Waals surface area contributed by atoms with Crippen LogP contribution in [0.5, 0.6) is 5.75 Å². The molecule has 0 aliphatic carbocycles. The second kappa shape index (κ2) is 9.84. The molecule has 5 rings (SSSR count). The molecule has 14 heteroatoms. The number of amides is 1. The van der Waals surface area contributed by atoms with Gasteiger partial charge in [-0.1, -0.05) is 6.07 Å². The van der Waals surface area contributed by atoms with Crippen molar-refractivity contribution in [3.8, 4) is 17.1 Å². The van der Waals surface area contributed by atoms with Crippen molar-refractivity contribution in [1.82, 2.24) is 20.3 Å². The van der Waals surface area contributed by atoms with Gasteiger partial charge in [-0.05, 0) is 42.5 Å². The van der Waals surface area contributed by atoms with Crippen LogP contribution in [0.25, 0.3) is 22.3 Å². The number of sulfone groups is 1. The third kappa shape index (κ3) is 5.24. The Labute approximate surface area is 217 Å². The summed E-state index contributed by atoms with van der Waals surface area (Å²) in [5, 5.41) is 3.05. The van der Waals surface area contributed by atoms with Crippen LogP contribution in [-0.4, -0.2) is 41.4 Å². The summed E-state index contributed by atoms with van der Waals surface area (Å²) in [5.41, 5.74) is -2.88. The minimum atomic E-state index is -4.62. The van der Waals surface area contributed by atoms with Gasteiger partial charge in [0.25, 0.3) is 5.91 Å². The van der Waals surface area contributed by atoms with Gasteiger partial charge in [-0.15, -0.1) is 0 Å². The summed E-state index contributed by atoms with van der Waals surface area (Å²) in [6.45, 7) is -0.529. The predicted octanol–water partition coefficient (Wildman–Crippen LogP) is 4.63. The second-order valence-corrected chi connectivity index (χ2v) is 10.6. The predicted molar refractivity (Wildman–Crippen MR) is 128 cm³/mol. The molecule has 202 valence electrons. The molecule has 39 heavy (non-hydrogen) atoms. The van der Waals surface area contributed by atoms with E-state index in [2.05, 4.69) is 20.3 Å². The minimum absolute atomic E-state index is 0.0121. The molecule has 1 atom stereocenters. The lowest BCUT2D eigenvalue weighted by molar-refractivity contribution is -0.141. The maximum atomic E-state index is 14.6. The highest BCUT2D eigenvalue weighted by atomic mass is 32.2. The number of carbonyl (C=O) groups is 1. The van der Waals surface area contributed by atoms with Crippen LogP contribution in [0.1, 0.15) is 28.2 Å². The van der Waals surface area contributed by atoms with E-state index >= 15 is 0 Å². The Bertz CT molecular complexity index is 1710. The highest BCUT2D eigenvalue weighted by Crippen LogP contribution is 2.35. The van der Waals surface area contributed by atoms with E-state index in [9.17, 15) is 35.2 Å². The summed E-state index contributed by atoms with van der Waals surface area (Å²) >= 11 is 0. The second-order valence-electron chi connectivity index (χ2n) is 8.53. The standard InChI is InChI=1S/C25H17F5N4O4S/c26-16-8-14(9-20-23(16)38-7-6-22(27)39(20,36)37)24(35)32-12-15-10-19-13(11-31-15)4-5-18(33-19)17-2-1-3-21(34-17)25(28,29)30/h1-5,8-11,22H,6-7,12H2,(H,32,35)/t22-/m1/s1. The van der Waals surface area contributed by atoms with Gasteiger partial charge in [-0.2, -0.15) is 13.2 Å². The largest absolute Gasteiger partial charge is 0.489 e. The number of hydrogen-bond donors (Lipinski definition) is 1. The zero-order chi connectivity index (χ0) is 27.9. The van der Waals surface area contributed by atoms with Crippen LogP contribution in [0.3, 0.4) is 0 Å². The Morgan fingerprint density at radius 2 is 1.85 bits per heavy atom. The summed E-state index contributed by atoms with van der Waals surface area (Å²) < 4.78 is 97.7. The molecule has 0 spiro atoms. The van der Waals surface area contributed by atoms with Gasteiger partial charge in [0.05, 0.1) is 35.8 Å². The molecule has 0 saturated heterocycles. The van der Waals surface area contributed by atoms with E-state index in [1.165, 1.54) is 30.5 Å². The van der Waals surface area contributed by atoms with E-state index in [0.29, 0.717) is 16.6 Å². The fraction of sp³-hybridized carbons (Fsp3) is 0.200. The monoisotopic (exact) mass is 564 g/mol. The van der Waals surface area contributed by atoms with Crippen molar-refractivity contribution in [2.24, 2.45) is 0 Å². The number of ether oxygens (including phenoxy) is 1. The number of alkyl halides is 4. The summed E-state index contributed by atoms with van der Waals surface area (Å²) in [7, 11) is -4.56. The number of carbonyl (C=O) groups excluding carboxylic acids is 1. The van der Waals surface area contributed by atoms with E-state index in [1.54, 1.807) is 6.07 Å². The van der Waals surface area contributed by atoms with Crippen molar-refractivity contribution >= 4 is 26.6 Å². The van der Waals surface area contributed by atoms with Crippen LogP contribution in [0.2, 0.25) is 0 Å². The number of fused-ring (bicyclic) bond motifs is 2. The number of rotatable bonds is 4. The molecule has 0 saturated carbocycles. The molecular weight excluding hydrogens is 547 g/mol. The van der Waals surface area contributed by atoms with Gasteiger partial charge < -0.3 is 10.1 Å². The lowest BCUT2D eigenvalue weighted by atomic mass is 10.1. The van der Waals surface area contributed by atoms with Gasteiger partial charge in [0, 0.05) is 23.6 Å². The molecule has 8 nitrogen and oxygen atoms in total. The highest BCUT2D eigenvalue weighted by Gasteiger charge is 2.36. The molecule has 1 amide bonds. The number of benzene rings is 1. The van der Waals surface area contributed by atoms with Gasteiger partial charge in [0.15, 0.2) is 11.6 Å². The fourth-order valence-corrected chi connectivity index (χ4v) is 5.29. The van der Waals surface area contributed by atoms with Crippen molar-refractivity contribution in [3.63, 3.8) is 0 Å². The first kappa shape index (κ1) is 26.4. The summed E-state index contributed by atoms with van der Waals surface area (Å²) in [6, 6.07) is 9.70. The number of hydrogen-bond acceptors (Lipinski definition) is 7. The Morgan fingerprint density at radius 3 is 2.62 bits per heavy atom. The minimum Gasteiger partial charge on any atom is -0.489 e. The van der Waals surface area contributed by atoms with Crippen LogP contribution in [-0.2, 0) is 22.6 Å². The quantitative estimate of drug-likeness (QED) is 0.360. The Hall–Kier alpha value is -4.20. The van der Waals surface area contributed by atoms with E-state index in [4.69, 9.17) is 4.74 Å². The number of nitrogens with one attached hydrogen (secondary N) is 1. The molecule has 0 fully saturated rings. The summed E-state index contributed by atoms with van der Waals surface area (Å²) in [5.74, 6) is -2.62. The number of halogens is 5. The average Bonchev–Trinajstić information content (AvgIpc) is 3.02. The molecule has 0 bridgehead atoms. The Kier molecular flexibility index (Phi) is 6.66. The number of aromatic nitrogens is 3. The third-order valence-electron chi connectivity index (χ3n) is 5.87. The molecule has 0 unspecified atom stereocenters. The van der Waals surface area contributed by atoms with Crippen LogP contribution in [0, 0.1) is 5.82 Å². The number of nitrogens with zero attached hydrogens (tertiary/aromatic N) is 3.